The second kappa shape index (κ2) is 9.67. The van der Waals surface area contributed by atoms with Crippen LogP contribution in [0.3, 0.4) is 0 Å². The van der Waals surface area contributed by atoms with Crippen LogP contribution in [0.1, 0.15) is 0 Å². The Hall–Kier alpha value is -2.71. The van der Waals surface area contributed by atoms with E-state index in [0.29, 0.717) is 43.6 Å². The van der Waals surface area contributed by atoms with Crippen molar-refractivity contribution in [2.45, 2.75) is 0 Å². The first-order chi connectivity index (χ1) is 14.3. The summed E-state index contributed by atoms with van der Waals surface area (Å²) in [7, 11) is 0. The molecule has 1 fully saturated rings. The number of hydrogen-bond acceptors (Lipinski definition) is 6. The maximum atomic E-state index is 12.5. The number of ether oxygens (including phenoxy) is 3. The summed E-state index contributed by atoms with van der Waals surface area (Å²) in [6.07, 6.45) is 0. The minimum Gasteiger partial charge on any atom is -0.486 e. The highest BCUT2D eigenvalue weighted by Gasteiger charge is 2.18. The van der Waals surface area contributed by atoms with E-state index in [1.54, 1.807) is 6.07 Å². The van der Waals surface area contributed by atoms with Crippen LogP contribution in [0.5, 0.6) is 11.5 Å². The number of thioether (sulfide) groups is 1. The van der Waals surface area contributed by atoms with Crippen molar-refractivity contribution in [1.29, 1.82) is 0 Å². The van der Waals surface area contributed by atoms with E-state index in [1.807, 2.05) is 42.5 Å². The second-order valence-electron chi connectivity index (χ2n) is 6.52. The van der Waals surface area contributed by atoms with Gasteiger partial charge in [0.05, 0.1) is 24.7 Å². The standard InChI is InChI=1S/C21H23N3O4S/c25-20(22-17-6-7-18-19(14-17)28-13-12-27-18)15-29-21(24-8-10-26-11-9-24)23-16-4-2-1-3-5-16/h1-7,14H,8-13,15H2,(H,22,25). The largest absolute Gasteiger partial charge is 0.486 e. The molecule has 1 amide bonds. The van der Waals surface area contributed by atoms with E-state index in [4.69, 9.17) is 19.2 Å². The zero-order chi connectivity index (χ0) is 19.9. The average Bonchev–Trinajstić information content (AvgIpc) is 2.78. The molecule has 2 aromatic rings. The number of amidine groups is 1. The topological polar surface area (TPSA) is 72.4 Å². The molecule has 7 nitrogen and oxygen atoms in total. The number of para-hydroxylation sites is 1. The van der Waals surface area contributed by atoms with Crippen molar-refractivity contribution < 1.29 is 19.0 Å². The zero-order valence-electron chi connectivity index (χ0n) is 16.0. The van der Waals surface area contributed by atoms with Crippen LogP contribution in [0.25, 0.3) is 0 Å². The van der Waals surface area contributed by atoms with Crippen molar-refractivity contribution in [2.75, 3.05) is 50.6 Å². The van der Waals surface area contributed by atoms with Crippen molar-refractivity contribution >= 4 is 34.2 Å². The molecule has 8 heteroatoms. The molecule has 0 atom stereocenters. The van der Waals surface area contributed by atoms with Crippen molar-refractivity contribution in [1.82, 2.24) is 4.90 Å². The lowest BCUT2D eigenvalue weighted by Gasteiger charge is -2.29. The monoisotopic (exact) mass is 413 g/mol. The fourth-order valence-electron chi connectivity index (χ4n) is 3.01. The summed E-state index contributed by atoms with van der Waals surface area (Å²) >= 11 is 1.43. The highest BCUT2D eigenvalue weighted by Crippen LogP contribution is 2.32. The summed E-state index contributed by atoms with van der Waals surface area (Å²) in [6.45, 7) is 3.92. The van der Waals surface area contributed by atoms with Gasteiger partial charge in [-0.1, -0.05) is 30.0 Å². The smallest absolute Gasteiger partial charge is 0.234 e. The van der Waals surface area contributed by atoms with E-state index in [1.165, 1.54) is 11.8 Å². The predicted octanol–water partition coefficient (Wildman–Crippen LogP) is 3.15. The molecular formula is C21H23N3O4S. The van der Waals surface area contributed by atoms with Crippen LogP contribution in [0.15, 0.2) is 53.5 Å². The number of rotatable bonds is 4. The summed E-state index contributed by atoms with van der Waals surface area (Å²) in [5.74, 6) is 1.52. The molecular weight excluding hydrogens is 390 g/mol. The van der Waals surface area contributed by atoms with E-state index in [2.05, 4.69) is 10.2 Å². The van der Waals surface area contributed by atoms with Gasteiger partial charge in [0.1, 0.15) is 13.2 Å². The van der Waals surface area contributed by atoms with Gasteiger partial charge >= 0.3 is 0 Å². The van der Waals surface area contributed by atoms with Crippen molar-refractivity contribution in [2.24, 2.45) is 4.99 Å². The first kappa shape index (κ1) is 19.6. The third kappa shape index (κ3) is 5.42. The third-order valence-corrected chi connectivity index (χ3v) is 5.44. The molecule has 0 saturated carbocycles. The number of anilines is 1. The van der Waals surface area contributed by atoms with Gasteiger partial charge in [-0.05, 0) is 24.3 Å². The highest BCUT2D eigenvalue weighted by molar-refractivity contribution is 8.14. The number of carbonyl (C=O) groups excluding carboxylic acids is 1. The summed E-state index contributed by atoms with van der Waals surface area (Å²) in [4.78, 5) is 19.4. The van der Waals surface area contributed by atoms with E-state index in [0.717, 1.165) is 23.9 Å². The Kier molecular flexibility index (Phi) is 6.53. The van der Waals surface area contributed by atoms with E-state index < -0.39 is 0 Å². The van der Waals surface area contributed by atoms with Crippen LogP contribution >= 0.6 is 11.8 Å². The first-order valence-corrected chi connectivity index (χ1v) is 10.6. The molecule has 2 aliphatic rings. The molecule has 0 aromatic heterocycles. The molecule has 4 rings (SSSR count). The number of fused-ring (bicyclic) bond motifs is 1. The SMILES string of the molecule is O=C(CSC(=Nc1ccccc1)N1CCOCC1)Nc1ccc2c(c1)OCCO2. The Bertz CT molecular complexity index is 869. The van der Waals surface area contributed by atoms with Crippen LogP contribution in [0.4, 0.5) is 11.4 Å². The fraction of sp³-hybridized carbons (Fsp3) is 0.333. The number of benzene rings is 2. The minimum atomic E-state index is -0.0966. The lowest BCUT2D eigenvalue weighted by atomic mass is 10.2. The number of aliphatic imine (C=N–C) groups is 1. The van der Waals surface area contributed by atoms with Crippen LogP contribution in [-0.2, 0) is 9.53 Å². The van der Waals surface area contributed by atoms with Crippen molar-refractivity contribution in [3.05, 3.63) is 48.5 Å². The molecule has 1 N–H and O–H groups in total. The molecule has 2 aromatic carbocycles. The van der Waals surface area contributed by atoms with Gasteiger partial charge in [0.15, 0.2) is 16.7 Å². The lowest BCUT2D eigenvalue weighted by molar-refractivity contribution is -0.113. The molecule has 0 spiro atoms. The minimum absolute atomic E-state index is 0.0966. The van der Waals surface area contributed by atoms with Crippen molar-refractivity contribution in [3.63, 3.8) is 0 Å². The Morgan fingerprint density at radius 2 is 1.76 bits per heavy atom. The molecule has 1 saturated heterocycles. The van der Waals surface area contributed by atoms with E-state index in [-0.39, 0.29) is 11.7 Å². The number of carbonyl (C=O) groups is 1. The van der Waals surface area contributed by atoms with Crippen molar-refractivity contribution in [3.8, 4) is 11.5 Å². The number of hydrogen-bond donors (Lipinski definition) is 1. The number of nitrogens with one attached hydrogen (secondary N) is 1. The molecule has 0 bridgehead atoms. The van der Waals surface area contributed by atoms with Gasteiger partial charge in [0.2, 0.25) is 5.91 Å². The first-order valence-electron chi connectivity index (χ1n) is 9.57. The van der Waals surface area contributed by atoms with Crippen LogP contribution in [0, 0.1) is 0 Å². The fourth-order valence-corrected chi connectivity index (χ4v) is 3.88. The number of nitrogens with zero attached hydrogens (tertiary/aromatic N) is 2. The van der Waals surface area contributed by atoms with Gasteiger partial charge in [-0.25, -0.2) is 4.99 Å². The molecule has 0 radical (unpaired) electrons. The normalized spacial score (nSPS) is 16.4. The Balaban J connectivity index is 1.40. The third-order valence-electron chi connectivity index (χ3n) is 4.42. The predicted molar refractivity (Wildman–Crippen MR) is 114 cm³/mol. The summed E-state index contributed by atoms with van der Waals surface area (Å²) < 4.78 is 16.5. The summed E-state index contributed by atoms with van der Waals surface area (Å²) in [5.41, 5.74) is 1.56. The highest BCUT2D eigenvalue weighted by atomic mass is 32.2. The Morgan fingerprint density at radius 1 is 1.00 bits per heavy atom. The van der Waals surface area contributed by atoms with Gasteiger partial charge < -0.3 is 24.4 Å². The van der Waals surface area contributed by atoms with Crippen LogP contribution < -0.4 is 14.8 Å². The number of amides is 1. The molecule has 0 aliphatic carbocycles. The van der Waals surface area contributed by atoms with Crippen LogP contribution in [0.2, 0.25) is 0 Å². The molecule has 2 aliphatic heterocycles. The zero-order valence-corrected chi connectivity index (χ0v) is 16.8. The number of morpholine rings is 1. The maximum Gasteiger partial charge on any atom is 0.234 e. The van der Waals surface area contributed by atoms with Gasteiger partial charge in [0, 0.05) is 24.8 Å². The van der Waals surface area contributed by atoms with Gasteiger partial charge in [-0.3, -0.25) is 4.79 Å². The molecule has 2 heterocycles. The second-order valence-corrected chi connectivity index (χ2v) is 7.47. The van der Waals surface area contributed by atoms with Gasteiger partial charge in [-0.15, -0.1) is 0 Å². The Labute approximate surface area is 174 Å². The molecule has 152 valence electrons. The lowest BCUT2D eigenvalue weighted by Crippen LogP contribution is -2.39. The van der Waals surface area contributed by atoms with E-state index >= 15 is 0 Å². The van der Waals surface area contributed by atoms with Crippen LogP contribution in [-0.4, -0.2) is 61.2 Å². The summed E-state index contributed by atoms with van der Waals surface area (Å²) in [6, 6.07) is 15.2. The molecule has 0 unspecified atom stereocenters. The average molecular weight is 413 g/mol. The van der Waals surface area contributed by atoms with Gasteiger partial charge in [0.25, 0.3) is 0 Å². The quantitative estimate of drug-likeness (QED) is 0.613. The van der Waals surface area contributed by atoms with Gasteiger partial charge in [-0.2, -0.15) is 0 Å². The van der Waals surface area contributed by atoms with E-state index in [9.17, 15) is 4.79 Å². The Morgan fingerprint density at radius 3 is 2.55 bits per heavy atom. The maximum absolute atomic E-state index is 12.5. The summed E-state index contributed by atoms with van der Waals surface area (Å²) in [5, 5.41) is 3.75. The molecule has 29 heavy (non-hydrogen) atoms.